The first kappa shape index (κ1) is 16.8. The number of amides is 1. The second-order valence-corrected chi connectivity index (χ2v) is 4.64. The summed E-state index contributed by atoms with van der Waals surface area (Å²) in [5, 5.41) is 8.96. The molecule has 0 aliphatic rings. The van der Waals surface area contributed by atoms with E-state index in [1.165, 1.54) is 17.0 Å². The van der Waals surface area contributed by atoms with E-state index in [1.54, 1.807) is 20.2 Å². The topological polar surface area (TPSA) is 76.1 Å². The number of rotatable bonds is 8. The van der Waals surface area contributed by atoms with Gasteiger partial charge >= 0.3 is 5.97 Å². The average molecular weight is 295 g/mol. The van der Waals surface area contributed by atoms with Gasteiger partial charge in [0.05, 0.1) is 18.8 Å². The van der Waals surface area contributed by atoms with Gasteiger partial charge in [-0.15, -0.1) is 0 Å². The van der Waals surface area contributed by atoms with Gasteiger partial charge in [-0.1, -0.05) is 0 Å². The van der Waals surface area contributed by atoms with E-state index < -0.39 is 5.97 Å². The molecule has 0 bridgehead atoms. The van der Waals surface area contributed by atoms with Gasteiger partial charge in [-0.05, 0) is 31.5 Å². The quantitative estimate of drug-likeness (QED) is 0.743. The lowest BCUT2D eigenvalue weighted by Gasteiger charge is -2.13. The van der Waals surface area contributed by atoms with Crippen LogP contribution in [0.2, 0.25) is 0 Å². The molecule has 0 atom stereocenters. The van der Waals surface area contributed by atoms with Crippen molar-refractivity contribution in [3.63, 3.8) is 0 Å². The molecule has 0 radical (unpaired) electrons. The zero-order valence-electron chi connectivity index (χ0n) is 12.6. The fraction of sp³-hybridized carbons (Fsp3) is 0.467. The van der Waals surface area contributed by atoms with Crippen LogP contribution in [-0.4, -0.2) is 49.2 Å². The van der Waals surface area contributed by atoms with E-state index in [2.05, 4.69) is 0 Å². The number of benzene rings is 1. The normalized spacial score (nSPS) is 10.0. The Morgan fingerprint density at radius 3 is 2.48 bits per heavy atom. The van der Waals surface area contributed by atoms with Gasteiger partial charge in [0, 0.05) is 20.5 Å². The lowest BCUT2D eigenvalue weighted by molar-refractivity contribution is -0.128. The molecule has 0 aromatic heterocycles. The first-order valence-electron chi connectivity index (χ1n) is 6.78. The van der Waals surface area contributed by atoms with Gasteiger partial charge in [-0.25, -0.2) is 4.79 Å². The van der Waals surface area contributed by atoms with Crippen LogP contribution in [0.5, 0.6) is 11.5 Å². The van der Waals surface area contributed by atoms with Crippen molar-refractivity contribution < 1.29 is 24.2 Å². The number of carbonyl (C=O) groups is 2. The van der Waals surface area contributed by atoms with Crippen LogP contribution >= 0.6 is 0 Å². The Morgan fingerprint density at radius 2 is 1.90 bits per heavy atom. The van der Waals surface area contributed by atoms with Crippen LogP contribution in [0.15, 0.2) is 18.2 Å². The van der Waals surface area contributed by atoms with Crippen molar-refractivity contribution in [1.29, 1.82) is 0 Å². The van der Waals surface area contributed by atoms with E-state index in [9.17, 15) is 9.59 Å². The summed E-state index contributed by atoms with van der Waals surface area (Å²) in [5.41, 5.74) is 0.147. The Morgan fingerprint density at radius 1 is 1.19 bits per heavy atom. The largest absolute Gasteiger partial charge is 0.490 e. The first-order valence-corrected chi connectivity index (χ1v) is 6.78. The smallest absolute Gasteiger partial charge is 0.335 e. The second kappa shape index (κ2) is 8.14. The zero-order chi connectivity index (χ0) is 15.8. The highest BCUT2D eigenvalue weighted by Crippen LogP contribution is 2.28. The van der Waals surface area contributed by atoms with Gasteiger partial charge < -0.3 is 19.5 Å². The van der Waals surface area contributed by atoms with Gasteiger partial charge in [0.2, 0.25) is 5.91 Å². The minimum atomic E-state index is -1.01. The highest BCUT2D eigenvalue weighted by atomic mass is 16.5. The molecule has 21 heavy (non-hydrogen) atoms. The number of hydrogen-bond donors (Lipinski definition) is 1. The number of ether oxygens (including phenoxy) is 2. The summed E-state index contributed by atoms with van der Waals surface area (Å²) in [4.78, 5) is 23.9. The molecule has 1 rings (SSSR count). The lowest BCUT2D eigenvalue weighted by atomic mass is 10.2. The van der Waals surface area contributed by atoms with Gasteiger partial charge in [0.15, 0.2) is 11.5 Å². The van der Waals surface area contributed by atoms with Crippen molar-refractivity contribution in [2.75, 3.05) is 27.3 Å². The van der Waals surface area contributed by atoms with Crippen LogP contribution in [0.1, 0.15) is 30.1 Å². The highest BCUT2D eigenvalue weighted by Gasteiger charge is 2.11. The van der Waals surface area contributed by atoms with Crippen molar-refractivity contribution in [3.05, 3.63) is 23.8 Å². The molecule has 0 unspecified atom stereocenters. The minimum Gasteiger partial charge on any atom is -0.490 e. The highest BCUT2D eigenvalue weighted by molar-refractivity contribution is 5.88. The number of aromatic carboxylic acids is 1. The van der Waals surface area contributed by atoms with E-state index in [4.69, 9.17) is 14.6 Å². The maximum atomic E-state index is 11.4. The molecule has 0 saturated heterocycles. The molecule has 1 amide bonds. The molecular weight excluding hydrogens is 274 g/mol. The predicted octanol–water partition coefficient (Wildman–Crippen LogP) is 2.03. The maximum Gasteiger partial charge on any atom is 0.335 e. The molecule has 116 valence electrons. The molecule has 6 heteroatoms. The van der Waals surface area contributed by atoms with E-state index >= 15 is 0 Å². The standard InChI is InChI=1S/C15H21NO5/c1-4-20-13-10-11(15(18)19)7-8-12(13)21-9-5-6-14(17)16(2)3/h7-8,10H,4-6,9H2,1-3H3,(H,18,19). The van der Waals surface area contributed by atoms with Crippen LogP contribution < -0.4 is 9.47 Å². The molecular formula is C15H21NO5. The summed E-state index contributed by atoms with van der Waals surface area (Å²) >= 11 is 0. The van der Waals surface area contributed by atoms with Crippen molar-refractivity contribution in [2.45, 2.75) is 19.8 Å². The van der Waals surface area contributed by atoms with Crippen molar-refractivity contribution >= 4 is 11.9 Å². The van der Waals surface area contributed by atoms with E-state index in [0.717, 1.165) is 0 Å². The van der Waals surface area contributed by atoms with Gasteiger partial charge in [-0.3, -0.25) is 4.79 Å². The molecule has 0 aliphatic heterocycles. The molecule has 0 saturated carbocycles. The van der Waals surface area contributed by atoms with Crippen LogP contribution in [-0.2, 0) is 4.79 Å². The molecule has 1 aromatic carbocycles. The van der Waals surface area contributed by atoms with Crippen LogP contribution in [0, 0.1) is 0 Å². The minimum absolute atomic E-state index is 0.0462. The fourth-order valence-corrected chi connectivity index (χ4v) is 1.66. The van der Waals surface area contributed by atoms with E-state index in [-0.39, 0.29) is 11.5 Å². The summed E-state index contributed by atoms with van der Waals surface area (Å²) in [6.07, 6.45) is 0.993. The van der Waals surface area contributed by atoms with Gasteiger partial charge in [0.25, 0.3) is 0 Å². The molecule has 1 N–H and O–H groups in total. The van der Waals surface area contributed by atoms with Gasteiger partial charge in [0.1, 0.15) is 0 Å². The Bertz CT molecular complexity index is 499. The third kappa shape index (κ3) is 5.33. The maximum absolute atomic E-state index is 11.4. The van der Waals surface area contributed by atoms with Crippen LogP contribution in [0.4, 0.5) is 0 Å². The van der Waals surface area contributed by atoms with Crippen LogP contribution in [0.3, 0.4) is 0 Å². The first-order chi connectivity index (χ1) is 9.95. The number of nitrogens with zero attached hydrogens (tertiary/aromatic N) is 1. The van der Waals surface area contributed by atoms with Crippen molar-refractivity contribution in [2.24, 2.45) is 0 Å². The van der Waals surface area contributed by atoms with Crippen LogP contribution in [0.25, 0.3) is 0 Å². The Labute approximate surface area is 124 Å². The molecule has 0 aliphatic carbocycles. The number of carboxylic acids is 1. The Balaban J connectivity index is 2.61. The molecule has 1 aromatic rings. The number of carboxylic acid groups (broad SMARTS) is 1. The summed E-state index contributed by atoms with van der Waals surface area (Å²) in [7, 11) is 3.42. The SMILES string of the molecule is CCOc1cc(C(=O)O)ccc1OCCCC(=O)N(C)C. The monoisotopic (exact) mass is 295 g/mol. The van der Waals surface area contributed by atoms with E-state index in [0.29, 0.717) is 37.6 Å². The molecule has 0 fully saturated rings. The zero-order valence-corrected chi connectivity index (χ0v) is 12.6. The van der Waals surface area contributed by atoms with Gasteiger partial charge in [-0.2, -0.15) is 0 Å². The summed E-state index contributed by atoms with van der Waals surface area (Å²) in [6.45, 7) is 2.59. The third-order valence-electron chi connectivity index (χ3n) is 2.78. The molecule has 0 heterocycles. The lowest BCUT2D eigenvalue weighted by Crippen LogP contribution is -2.21. The van der Waals surface area contributed by atoms with Crippen molar-refractivity contribution in [1.82, 2.24) is 4.90 Å². The Kier molecular flexibility index (Phi) is 6.52. The average Bonchev–Trinajstić information content (AvgIpc) is 2.44. The molecule has 0 spiro atoms. The summed E-state index contributed by atoms with van der Waals surface area (Å²) in [5.74, 6) is -0.0839. The Hall–Kier alpha value is -2.24. The number of carbonyl (C=O) groups excluding carboxylic acids is 1. The predicted molar refractivity (Wildman–Crippen MR) is 78.0 cm³/mol. The van der Waals surface area contributed by atoms with Crippen molar-refractivity contribution in [3.8, 4) is 11.5 Å². The molecule has 6 nitrogen and oxygen atoms in total. The summed E-state index contributed by atoms with van der Waals surface area (Å²) < 4.78 is 10.9. The number of hydrogen-bond acceptors (Lipinski definition) is 4. The second-order valence-electron chi connectivity index (χ2n) is 4.64. The summed E-state index contributed by atoms with van der Waals surface area (Å²) in [6, 6.07) is 4.47. The fourth-order valence-electron chi connectivity index (χ4n) is 1.66. The van der Waals surface area contributed by atoms with E-state index in [1.807, 2.05) is 6.92 Å². The third-order valence-corrected chi connectivity index (χ3v) is 2.78.